The van der Waals surface area contributed by atoms with Gasteiger partial charge in [-0.15, -0.1) is 0 Å². The van der Waals surface area contributed by atoms with E-state index in [1.54, 1.807) is 0 Å². The van der Waals surface area contributed by atoms with E-state index >= 15 is 0 Å². The molecule has 4 nitrogen and oxygen atoms in total. The van der Waals surface area contributed by atoms with Crippen LogP contribution < -0.4 is 0 Å². The Morgan fingerprint density at radius 1 is 1.71 bits per heavy atom. The van der Waals surface area contributed by atoms with E-state index in [-0.39, 0.29) is 17.8 Å². The zero-order chi connectivity index (χ0) is 10.6. The van der Waals surface area contributed by atoms with Crippen LogP contribution in [0, 0.1) is 17.2 Å². The van der Waals surface area contributed by atoms with E-state index in [1.165, 1.54) is 0 Å². The number of ketones is 1. The minimum Gasteiger partial charge on any atom is -0.361 e. The van der Waals surface area contributed by atoms with Gasteiger partial charge in [-0.3, -0.25) is 9.69 Å². The SMILES string of the molecule is CC(C)C(=O)CN1CCOC(C#N)C1. The van der Waals surface area contributed by atoms with E-state index in [0.29, 0.717) is 19.7 Å². The van der Waals surface area contributed by atoms with Crippen LogP contribution in [0.2, 0.25) is 0 Å². The van der Waals surface area contributed by atoms with Gasteiger partial charge >= 0.3 is 0 Å². The van der Waals surface area contributed by atoms with Gasteiger partial charge < -0.3 is 4.74 Å². The van der Waals surface area contributed by atoms with Gasteiger partial charge in [0.05, 0.1) is 19.2 Å². The number of morpholine rings is 1. The smallest absolute Gasteiger partial charge is 0.156 e. The van der Waals surface area contributed by atoms with E-state index in [0.717, 1.165) is 6.54 Å². The highest BCUT2D eigenvalue weighted by atomic mass is 16.5. The molecule has 0 amide bonds. The lowest BCUT2D eigenvalue weighted by molar-refractivity contribution is -0.124. The Labute approximate surface area is 84.4 Å². The van der Waals surface area contributed by atoms with E-state index < -0.39 is 0 Å². The number of hydrogen-bond donors (Lipinski definition) is 0. The lowest BCUT2D eigenvalue weighted by Gasteiger charge is -2.29. The molecule has 1 atom stereocenters. The molecule has 1 aliphatic rings. The summed E-state index contributed by atoms with van der Waals surface area (Å²) in [5.74, 6) is 0.293. The summed E-state index contributed by atoms with van der Waals surface area (Å²) in [6.07, 6.45) is -0.372. The molecule has 0 aromatic carbocycles. The zero-order valence-corrected chi connectivity index (χ0v) is 8.69. The summed E-state index contributed by atoms with van der Waals surface area (Å²) < 4.78 is 5.19. The van der Waals surface area contributed by atoms with E-state index in [4.69, 9.17) is 10.00 Å². The third-order valence-corrected chi connectivity index (χ3v) is 2.32. The summed E-state index contributed by atoms with van der Waals surface area (Å²) in [4.78, 5) is 13.4. The molecule has 1 saturated heterocycles. The summed E-state index contributed by atoms with van der Waals surface area (Å²) in [7, 11) is 0. The van der Waals surface area contributed by atoms with Gasteiger partial charge in [0, 0.05) is 19.0 Å². The van der Waals surface area contributed by atoms with Gasteiger partial charge in [0.1, 0.15) is 5.78 Å². The normalized spacial score (nSPS) is 23.4. The summed E-state index contributed by atoms with van der Waals surface area (Å²) in [6.45, 7) is 6.07. The second-order valence-corrected chi connectivity index (χ2v) is 3.84. The van der Waals surface area contributed by atoms with Gasteiger partial charge in [-0.1, -0.05) is 13.8 Å². The third-order valence-electron chi connectivity index (χ3n) is 2.32. The van der Waals surface area contributed by atoms with Crippen LogP contribution in [-0.2, 0) is 9.53 Å². The van der Waals surface area contributed by atoms with E-state index in [1.807, 2.05) is 18.7 Å². The fourth-order valence-corrected chi connectivity index (χ4v) is 1.33. The Morgan fingerprint density at radius 3 is 3.00 bits per heavy atom. The van der Waals surface area contributed by atoms with Crippen LogP contribution >= 0.6 is 0 Å². The van der Waals surface area contributed by atoms with Crippen LogP contribution in [-0.4, -0.2) is 43.0 Å². The summed E-state index contributed by atoms with van der Waals surface area (Å²) >= 11 is 0. The molecule has 4 heteroatoms. The second kappa shape index (κ2) is 5.08. The first-order valence-corrected chi connectivity index (χ1v) is 4.89. The first kappa shape index (κ1) is 11.2. The summed E-state index contributed by atoms with van der Waals surface area (Å²) in [5, 5.41) is 8.67. The number of Topliss-reactive ketones (excluding diaryl/α,β-unsaturated/α-hetero) is 1. The maximum atomic E-state index is 11.4. The number of hydrogen-bond acceptors (Lipinski definition) is 4. The molecule has 0 aliphatic carbocycles. The molecule has 1 unspecified atom stereocenters. The molecule has 1 aliphatic heterocycles. The predicted octanol–water partition coefficient (Wildman–Crippen LogP) is 0.436. The van der Waals surface area contributed by atoms with E-state index in [2.05, 4.69) is 6.07 Å². The Bertz CT molecular complexity index is 245. The molecule has 0 N–H and O–H groups in total. The molecule has 0 radical (unpaired) electrons. The first-order chi connectivity index (χ1) is 6.63. The molecular weight excluding hydrogens is 180 g/mol. The molecule has 0 aromatic rings. The molecule has 1 fully saturated rings. The number of ether oxygens (including phenoxy) is 1. The quantitative estimate of drug-likeness (QED) is 0.657. The molecule has 0 aromatic heterocycles. The predicted molar refractivity (Wildman–Crippen MR) is 51.6 cm³/mol. The highest BCUT2D eigenvalue weighted by molar-refractivity contribution is 5.82. The Kier molecular flexibility index (Phi) is 4.05. The monoisotopic (exact) mass is 196 g/mol. The fraction of sp³-hybridized carbons (Fsp3) is 0.800. The molecule has 14 heavy (non-hydrogen) atoms. The van der Waals surface area contributed by atoms with Crippen molar-refractivity contribution in [1.82, 2.24) is 4.90 Å². The number of carbonyl (C=O) groups is 1. The van der Waals surface area contributed by atoms with Crippen molar-refractivity contribution in [2.45, 2.75) is 20.0 Å². The van der Waals surface area contributed by atoms with Gasteiger partial charge in [0.15, 0.2) is 6.10 Å². The van der Waals surface area contributed by atoms with Gasteiger partial charge in [0.25, 0.3) is 0 Å². The fourth-order valence-electron chi connectivity index (χ4n) is 1.33. The second-order valence-electron chi connectivity index (χ2n) is 3.84. The van der Waals surface area contributed by atoms with Crippen molar-refractivity contribution < 1.29 is 9.53 Å². The van der Waals surface area contributed by atoms with Crippen LogP contribution in [0.25, 0.3) is 0 Å². The topological polar surface area (TPSA) is 53.3 Å². The van der Waals surface area contributed by atoms with Crippen LogP contribution in [0.3, 0.4) is 0 Å². The van der Waals surface area contributed by atoms with Crippen molar-refractivity contribution in [2.75, 3.05) is 26.2 Å². The molecule has 1 heterocycles. The summed E-state index contributed by atoms with van der Waals surface area (Å²) in [5.41, 5.74) is 0. The van der Waals surface area contributed by atoms with Gasteiger partial charge in [-0.25, -0.2) is 0 Å². The average molecular weight is 196 g/mol. The average Bonchev–Trinajstić information content (AvgIpc) is 2.18. The minimum atomic E-state index is -0.372. The number of carbonyl (C=O) groups excluding carboxylic acids is 1. The number of nitrogens with zero attached hydrogens (tertiary/aromatic N) is 2. The Morgan fingerprint density at radius 2 is 2.43 bits per heavy atom. The lowest BCUT2D eigenvalue weighted by atomic mass is 10.1. The Hall–Kier alpha value is -0.920. The van der Waals surface area contributed by atoms with E-state index in [9.17, 15) is 4.79 Å². The molecule has 0 spiro atoms. The maximum Gasteiger partial charge on any atom is 0.156 e. The highest BCUT2D eigenvalue weighted by Crippen LogP contribution is 2.05. The van der Waals surface area contributed by atoms with Gasteiger partial charge in [-0.2, -0.15) is 5.26 Å². The van der Waals surface area contributed by atoms with Crippen molar-refractivity contribution in [3.63, 3.8) is 0 Å². The molecule has 78 valence electrons. The van der Waals surface area contributed by atoms with Crippen LogP contribution in [0.15, 0.2) is 0 Å². The molecular formula is C10H16N2O2. The minimum absolute atomic E-state index is 0.0679. The standard InChI is InChI=1S/C10H16N2O2/c1-8(2)10(13)7-12-3-4-14-9(5-11)6-12/h8-9H,3-4,6-7H2,1-2H3. The van der Waals surface area contributed by atoms with Crippen molar-refractivity contribution >= 4 is 5.78 Å². The van der Waals surface area contributed by atoms with Crippen molar-refractivity contribution in [2.24, 2.45) is 5.92 Å². The zero-order valence-electron chi connectivity index (χ0n) is 8.69. The lowest BCUT2D eigenvalue weighted by Crippen LogP contribution is -2.44. The van der Waals surface area contributed by atoms with Crippen molar-refractivity contribution in [3.8, 4) is 6.07 Å². The first-order valence-electron chi connectivity index (χ1n) is 4.89. The van der Waals surface area contributed by atoms with Gasteiger partial charge in [0.2, 0.25) is 0 Å². The van der Waals surface area contributed by atoms with Gasteiger partial charge in [-0.05, 0) is 0 Å². The number of rotatable bonds is 3. The largest absolute Gasteiger partial charge is 0.361 e. The highest BCUT2D eigenvalue weighted by Gasteiger charge is 2.22. The third kappa shape index (κ3) is 3.09. The molecule has 0 saturated carbocycles. The van der Waals surface area contributed by atoms with Crippen molar-refractivity contribution in [3.05, 3.63) is 0 Å². The van der Waals surface area contributed by atoms with Crippen LogP contribution in [0.4, 0.5) is 0 Å². The number of nitriles is 1. The Balaban J connectivity index is 2.38. The van der Waals surface area contributed by atoms with Crippen molar-refractivity contribution in [1.29, 1.82) is 5.26 Å². The maximum absolute atomic E-state index is 11.4. The molecule has 1 rings (SSSR count). The summed E-state index contributed by atoms with van der Waals surface area (Å²) in [6, 6.07) is 2.06. The molecule has 0 bridgehead atoms. The van der Waals surface area contributed by atoms with Crippen LogP contribution in [0.1, 0.15) is 13.8 Å². The van der Waals surface area contributed by atoms with Crippen LogP contribution in [0.5, 0.6) is 0 Å².